The molecule has 0 saturated heterocycles. The minimum absolute atomic E-state index is 0. The van der Waals surface area contributed by atoms with E-state index in [1.165, 1.54) is 12.2 Å². The molecule has 0 saturated carbocycles. The molecule has 0 fully saturated rings. The zero-order chi connectivity index (χ0) is 7.33. The average Bonchev–Trinajstić information content (AvgIpc) is 1.64. The summed E-state index contributed by atoms with van der Waals surface area (Å²) in [5.41, 5.74) is 0. The summed E-state index contributed by atoms with van der Waals surface area (Å²) in [6.07, 6.45) is 3.26. The van der Waals surface area contributed by atoms with Crippen LogP contribution in [0.2, 0.25) is 0 Å². The van der Waals surface area contributed by atoms with E-state index < -0.39 is 7.37 Å². The summed E-state index contributed by atoms with van der Waals surface area (Å²) in [7, 11) is -2.93. The van der Waals surface area contributed by atoms with Crippen LogP contribution in [0.4, 0.5) is 0 Å². The zero-order valence-electron chi connectivity index (χ0n) is 5.29. The molecule has 4 heteroatoms. The van der Waals surface area contributed by atoms with Crippen molar-refractivity contribution in [3.8, 4) is 0 Å². The van der Waals surface area contributed by atoms with Gasteiger partial charge in [0.15, 0.2) is 0 Å². The molecule has 0 bridgehead atoms. The Morgan fingerprint density at radius 1 is 1.30 bits per heavy atom. The van der Waals surface area contributed by atoms with E-state index in [9.17, 15) is 4.57 Å². The van der Waals surface area contributed by atoms with Crippen molar-refractivity contribution in [2.75, 3.05) is 12.3 Å². The van der Waals surface area contributed by atoms with Crippen LogP contribution in [0.25, 0.3) is 0 Å². The molecule has 0 heterocycles. The molecular formula is C6H13CaO2P. The first-order chi connectivity index (χ1) is 4.12. The van der Waals surface area contributed by atoms with Crippen molar-refractivity contribution in [1.82, 2.24) is 0 Å². The van der Waals surface area contributed by atoms with Crippen molar-refractivity contribution in [2.45, 2.75) is 0 Å². The van der Waals surface area contributed by atoms with Crippen LogP contribution in [0.1, 0.15) is 0 Å². The Morgan fingerprint density at radius 3 is 1.80 bits per heavy atom. The second kappa shape index (κ2) is 6.63. The maximum absolute atomic E-state index is 10.8. The molecule has 0 spiro atoms. The average molecular weight is 188 g/mol. The Morgan fingerprint density at radius 2 is 1.60 bits per heavy atom. The van der Waals surface area contributed by atoms with Gasteiger partial charge in [-0.2, -0.15) is 0 Å². The first kappa shape index (κ1) is 13.5. The number of rotatable bonds is 4. The maximum atomic E-state index is 10.8. The van der Waals surface area contributed by atoms with Gasteiger partial charge in [-0.1, -0.05) is 12.2 Å². The Hall–Kier alpha value is 0.930. The Balaban J connectivity index is 0. The summed E-state index contributed by atoms with van der Waals surface area (Å²) in [5, 5.41) is 0. The summed E-state index contributed by atoms with van der Waals surface area (Å²) < 4.78 is 10.8. The van der Waals surface area contributed by atoms with Crippen LogP contribution in [0.15, 0.2) is 25.3 Å². The van der Waals surface area contributed by atoms with Crippen LogP contribution in [0.3, 0.4) is 0 Å². The molecule has 0 aliphatic rings. The van der Waals surface area contributed by atoms with Crippen molar-refractivity contribution in [2.24, 2.45) is 0 Å². The summed E-state index contributed by atoms with van der Waals surface area (Å²) >= 11 is 0. The van der Waals surface area contributed by atoms with Crippen LogP contribution in [-0.2, 0) is 4.57 Å². The summed E-state index contributed by atoms with van der Waals surface area (Å²) in [5.74, 6) is 0. The molecule has 56 valence electrons. The number of hydrogen-bond acceptors (Lipinski definition) is 1. The van der Waals surface area contributed by atoms with Crippen LogP contribution in [0, 0.1) is 0 Å². The van der Waals surface area contributed by atoms with Crippen LogP contribution < -0.4 is 0 Å². The molecule has 0 aromatic carbocycles. The summed E-state index contributed by atoms with van der Waals surface area (Å²) in [6, 6.07) is 0. The quantitative estimate of drug-likeness (QED) is 0.401. The molecule has 0 unspecified atom stereocenters. The molecule has 0 amide bonds. The third kappa shape index (κ3) is 7.04. The van der Waals surface area contributed by atoms with Crippen molar-refractivity contribution in [3.63, 3.8) is 0 Å². The molecule has 0 aliphatic heterocycles. The normalized spacial score (nSPS) is 9.70. The van der Waals surface area contributed by atoms with Gasteiger partial charge in [0.1, 0.15) is 0 Å². The predicted octanol–water partition coefficient (Wildman–Crippen LogP) is 0.713. The van der Waals surface area contributed by atoms with E-state index in [2.05, 4.69) is 13.2 Å². The molecule has 0 aromatic rings. The fourth-order valence-electron chi connectivity index (χ4n) is 0.478. The molecule has 1 N–H and O–H groups in total. The zero-order valence-corrected chi connectivity index (χ0v) is 6.18. The van der Waals surface area contributed by atoms with E-state index in [1.54, 1.807) is 0 Å². The van der Waals surface area contributed by atoms with E-state index in [0.717, 1.165) is 0 Å². The molecule has 2 nitrogen and oxygen atoms in total. The first-order valence-electron chi connectivity index (χ1n) is 2.65. The predicted molar refractivity (Wildman–Crippen MR) is 48.5 cm³/mol. The van der Waals surface area contributed by atoms with Gasteiger partial charge in [-0.25, -0.2) is 0 Å². The van der Waals surface area contributed by atoms with E-state index in [-0.39, 0.29) is 50.1 Å². The summed E-state index contributed by atoms with van der Waals surface area (Å²) in [4.78, 5) is 8.93. The number of hydrogen-bond donors (Lipinski definition) is 1. The molecular weight excluding hydrogens is 175 g/mol. The van der Waals surface area contributed by atoms with Gasteiger partial charge >= 0.3 is 37.7 Å². The second-order valence-electron chi connectivity index (χ2n) is 1.79. The van der Waals surface area contributed by atoms with Gasteiger partial charge in [0.05, 0.1) is 0 Å². The van der Waals surface area contributed by atoms with E-state index in [0.29, 0.717) is 0 Å². The Kier molecular flexibility index (Phi) is 8.96. The third-order valence-corrected chi connectivity index (χ3v) is 2.49. The second-order valence-corrected chi connectivity index (χ2v) is 4.21. The molecule has 0 aliphatic carbocycles. The van der Waals surface area contributed by atoms with Crippen molar-refractivity contribution >= 4 is 45.1 Å². The fourth-order valence-corrected chi connectivity index (χ4v) is 1.43. The summed E-state index contributed by atoms with van der Waals surface area (Å²) in [6.45, 7) is 6.72. The van der Waals surface area contributed by atoms with Gasteiger partial charge in [0.2, 0.25) is 7.37 Å². The molecule has 0 aromatic heterocycles. The van der Waals surface area contributed by atoms with Crippen molar-refractivity contribution in [3.05, 3.63) is 25.3 Å². The van der Waals surface area contributed by atoms with Gasteiger partial charge in [0, 0.05) is 12.3 Å². The van der Waals surface area contributed by atoms with Crippen molar-refractivity contribution in [1.29, 1.82) is 0 Å². The SMILES string of the molecule is C=CCP(=O)(O)CC=C.[CaH2]. The Labute approximate surface area is 91.5 Å². The van der Waals surface area contributed by atoms with E-state index in [4.69, 9.17) is 4.89 Å². The van der Waals surface area contributed by atoms with Gasteiger partial charge in [0.25, 0.3) is 0 Å². The van der Waals surface area contributed by atoms with Crippen LogP contribution in [0.5, 0.6) is 0 Å². The van der Waals surface area contributed by atoms with Gasteiger partial charge in [-0.05, 0) is 0 Å². The molecule has 10 heavy (non-hydrogen) atoms. The molecule has 0 rings (SSSR count). The van der Waals surface area contributed by atoms with Gasteiger partial charge in [-0.15, -0.1) is 13.2 Å². The number of allylic oxidation sites excluding steroid dienone is 2. The standard InChI is InChI=1S/C6H11O2P.Ca.2H/c1-3-5-9(7,8)6-4-2;;;/h3-4H,1-2,5-6H2,(H,7,8);;;. The topological polar surface area (TPSA) is 37.3 Å². The van der Waals surface area contributed by atoms with E-state index >= 15 is 0 Å². The first-order valence-corrected chi connectivity index (χ1v) is 4.68. The van der Waals surface area contributed by atoms with E-state index in [1.807, 2.05) is 0 Å². The Bertz CT molecular complexity index is 142. The monoisotopic (exact) mass is 188 g/mol. The minimum atomic E-state index is -2.93. The fraction of sp³-hybridized carbons (Fsp3) is 0.333. The van der Waals surface area contributed by atoms with Crippen LogP contribution >= 0.6 is 7.37 Å². The van der Waals surface area contributed by atoms with Gasteiger partial charge < -0.3 is 4.89 Å². The molecule has 0 radical (unpaired) electrons. The van der Waals surface area contributed by atoms with Crippen LogP contribution in [-0.4, -0.2) is 55.0 Å². The van der Waals surface area contributed by atoms with Crippen molar-refractivity contribution < 1.29 is 9.46 Å². The van der Waals surface area contributed by atoms with Gasteiger partial charge in [-0.3, -0.25) is 4.57 Å². The molecule has 0 atom stereocenters. The third-order valence-electron chi connectivity index (χ3n) is 0.829.